The molecule has 0 aliphatic heterocycles. The Hall–Kier alpha value is -0.790. The number of rotatable bonds is 23. The van der Waals surface area contributed by atoms with E-state index in [9.17, 15) is 0 Å². The summed E-state index contributed by atoms with van der Waals surface area (Å²) in [6, 6.07) is 0.591. The molecule has 0 spiro atoms. The van der Waals surface area contributed by atoms with Crippen molar-refractivity contribution in [3.63, 3.8) is 0 Å². The molecule has 1 aromatic rings. The maximum atomic E-state index is 4.87. The van der Waals surface area contributed by atoms with Crippen molar-refractivity contribution in [3.05, 3.63) is 18.2 Å². The molecule has 0 amide bonds. The van der Waals surface area contributed by atoms with Gasteiger partial charge in [0.25, 0.3) is 0 Å². The maximum absolute atomic E-state index is 4.87. The van der Waals surface area contributed by atoms with Crippen LogP contribution < -0.4 is 0 Å². The first-order chi connectivity index (χ1) is 15.7. The molecular formula is C30H58N2. The fourth-order valence-electron chi connectivity index (χ4n) is 5.10. The third kappa shape index (κ3) is 13.7. The van der Waals surface area contributed by atoms with Crippen molar-refractivity contribution in [3.8, 4) is 0 Å². The third-order valence-electron chi connectivity index (χ3n) is 7.33. The number of aromatic nitrogens is 2. The monoisotopic (exact) mass is 446 g/mol. The highest BCUT2D eigenvalue weighted by Gasteiger charge is 2.19. The summed E-state index contributed by atoms with van der Waals surface area (Å²) in [4.78, 5) is 4.87. The van der Waals surface area contributed by atoms with Gasteiger partial charge in [0.15, 0.2) is 0 Å². The van der Waals surface area contributed by atoms with Crippen LogP contribution in [0.2, 0.25) is 0 Å². The van der Waals surface area contributed by atoms with Crippen LogP contribution in [0, 0.1) is 0 Å². The molecule has 0 aliphatic rings. The van der Waals surface area contributed by atoms with Gasteiger partial charge in [0.05, 0.1) is 0 Å². The van der Waals surface area contributed by atoms with Gasteiger partial charge < -0.3 is 4.57 Å². The molecule has 1 aromatic heterocycles. The van der Waals surface area contributed by atoms with Crippen LogP contribution in [0.3, 0.4) is 0 Å². The molecule has 2 atom stereocenters. The highest BCUT2D eigenvalue weighted by molar-refractivity contribution is 5.02. The van der Waals surface area contributed by atoms with Gasteiger partial charge in [-0.05, 0) is 26.2 Å². The Balaban J connectivity index is 2.27. The van der Waals surface area contributed by atoms with Gasteiger partial charge in [0, 0.05) is 24.4 Å². The van der Waals surface area contributed by atoms with Crippen molar-refractivity contribution < 1.29 is 0 Å². The van der Waals surface area contributed by atoms with Crippen LogP contribution in [-0.4, -0.2) is 9.55 Å². The minimum atomic E-state index is 0.591. The summed E-state index contributed by atoms with van der Waals surface area (Å²) in [6.45, 7) is 9.30. The molecular weight excluding hydrogens is 388 g/mol. The van der Waals surface area contributed by atoms with Gasteiger partial charge in [-0.15, -0.1) is 0 Å². The molecule has 2 unspecified atom stereocenters. The molecule has 32 heavy (non-hydrogen) atoms. The van der Waals surface area contributed by atoms with Gasteiger partial charge in [-0.1, -0.05) is 136 Å². The van der Waals surface area contributed by atoms with Crippen LogP contribution in [0.5, 0.6) is 0 Å². The minimum Gasteiger partial charge on any atom is -0.332 e. The summed E-state index contributed by atoms with van der Waals surface area (Å²) in [5, 5.41) is 0. The lowest BCUT2D eigenvalue weighted by Crippen LogP contribution is -2.13. The zero-order chi connectivity index (χ0) is 23.3. The summed E-state index contributed by atoms with van der Waals surface area (Å²) >= 11 is 0. The average Bonchev–Trinajstić information content (AvgIpc) is 3.29. The van der Waals surface area contributed by atoms with Crippen LogP contribution in [0.1, 0.15) is 180 Å². The van der Waals surface area contributed by atoms with Crippen molar-refractivity contribution in [2.45, 2.75) is 174 Å². The number of hydrogen-bond donors (Lipinski definition) is 0. The van der Waals surface area contributed by atoms with Gasteiger partial charge in [-0.2, -0.15) is 0 Å². The summed E-state index contributed by atoms with van der Waals surface area (Å²) in [5.74, 6) is 2.04. The second kappa shape index (κ2) is 20.8. The average molecular weight is 447 g/mol. The Bertz CT molecular complexity index is 507. The van der Waals surface area contributed by atoms with Crippen molar-refractivity contribution in [1.82, 2.24) is 9.55 Å². The molecule has 1 heterocycles. The summed E-state index contributed by atoms with van der Waals surface area (Å²) < 4.78 is 2.51. The molecule has 0 bridgehead atoms. The summed E-state index contributed by atoms with van der Waals surface area (Å²) in [7, 11) is 0. The fourth-order valence-corrected chi connectivity index (χ4v) is 5.10. The van der Waals surface area contributed by atoms with E-state index in [0.717, 1.165) is 0 Å². The third-order valence-corrected chi connectivity index (χ3v) is 7.33. The number of imidazole rings is 1. The van der Waals surface area contributed by atoms with Crippen LogP contribution in [0.4, 0.5) is 0 Å². The van der Waals surface area contributed by atoms with E-state index < -0.39 is 0 Å². The Morgan fingerprint density at radius 1 is 0.594 bits per heavy atom. The summed E-state index contributed by atoms with van der Waals surface area (Å²) in [6.07, 6.45) is 33.5. The predicted molar refractivity (Wildman–Crippen MR) is 144 cm³/mol. The molecule has 0 saturated heterocycles. The first-order valence-corrected chi connectivity index (χ1v) is 14.8. The van der Waals surface area contributed by atoms with E-state index in [-0.39, 0.29) is 0 Å². The van der Waals surface area contributed by atoms with Crippen molar-refractivity contribution >= 4 is 0 Å². The second-order valence-electron chi connectivity index (χ2n) is 10.4. The molecule has 1 rings (SSSR count). The van der Waals surface area contributed by atoms with Gasteiger partial charge in [-0.25, -0.2) is 4.98 Å². The van der Waals surface area contributed by atoms with E-state index in [2.05, 4.69) is 44.7 Å². The highest BCUT2D eigenvalue weighted by Crippen LogP contribution is 2.30. The minimum absolute atomic E-state index is 0.591. The Kier molecular flexibility index (Phi) is 19.0. The molecule has 0 aromatic carbocycles. The first-order valence-electron chi connectivity index (χ1n) is 14.8. The molecule has 2 nitrogen and oxygen atoms in total. The second-order valence-corrected chi connectivity index (χ2v) is 10.4. The van der Waals surface area contributed by atoms with Crippen LogP contribution in [0.25, 0.3) is 0 Å². The van der Waals surface area contributed by atoms with Crippen molar-refractivity contribution in [2.24, 2.45) is 0 Å². The molecule has 2 heteroatoms. The van der Waals surface area contributed by atoms with E-state index in [1.54, 1.807) is 0 Å². The van der Waals surface area contributed by atoms with E-state index >= 15 is 0 Å². The topological polar surface area (TPSA) is 17.8 Å². The standard InChI is InChI=1S/C30H58N2/c1-5-8-11-12-13-14-15-16-17-18-19-20-22-25-29(24-21-9-6-2)30-31-26-27-32(30)28(4)23-10-7-3/h26-29H,5-25H2,1-4H3. The number of unbranched alkanes of at least 4 members (excludes halogenated alkanes) is 15. The van der Waals surface area contributed by atoms with Crippen LogP contribution in [0.15, 0.2) is 12.4 Å². The Morgan fingerprint density at radius 3 is 1.56 bits per heavy atom. The molecule has 0 fully saturated rings. The number of nitrogens with zero attached hydrogens (tertiary/aromatic N) is 2. The zero-order valence-electron chi connectivity index (χ0n) is 22.6. The molecule has 188 valence electrons. The van der Waals surface area contributed by atoms with Gasteiger partial charge in [0.2, 0.25) is 0 Å². The molecule has 0 aliphatic carbocycles. The van der Waals surface area contributed by atoms with Crippen molar-refractivity contribution in [2.75, 3.05) is 0 Å². The lowest BCUT2D eigenvalue weighted by Gasteiger charge is -2.22. The van der Waals surface area contributed by atoms with Crippen LogP contribution in [-0.2, 0) is 0 Å². The van der Waals surface area contributed by atoms with Gasteiger partial charge in [-0.3, -0.25) is 0 Å². The lowest BCUT2D eigenvalue weighted by molar-refractivity contribution is 0.419. The molecule has 0 N–H and O–H groups in total. The van der Waals surface area contributed by atoms with E-state index in [1.165, 1.54) is 141 Å². The van der Waals surface area contributed by atoms with Gasteiger partial charge >= 0.3 is 0 Å². The highest BCUT2D eigenvalue weighted by atomic mass is 15.1. The predicted octanol–water partition coefficient (Wildman–Crippen LogP) is 10.8. The van der Waals surface area contributed by atoms with Gasteiger partial charge in [0.1, 0.15) is 5.82 Å². The first kappa shape index (κ1) is 29.2. The van der Waals surface area contributed by atoms with Crippen molar-refractivity contribution in [1.29, 1.82) is 0 Å². The van der Waals surface area contributed by atoms with Crippen LogP contribution >= 0.6 is 0 Å². The quantitative estimate of drug-likeness (QED) is 0.153. The molecule has 0 saturated carbocycles. The smallest absolute Gasteiger partial charge is 0.111 e. The zero-order valence-corrected chi connectivity index (χ0v) is 22.6. The molecule has 0 radical (unpaired) electrons. The Labute approximate surface area is 202 Å². The SMILES string of the molecule is CCCCCCCCCCCCCCCC(CCCCC)c1nccn1C(C)CCCC. The largest absolute Gasteiger partial charge is 0.332 e. The fraction of sp³-hybridized carbons (Fsp3) is 0.900. The maximum Gasteiger partial charge on any atom is 0.111 e. The lowest BCUT2D eigenvalue weighted by atomic mass is 9.93. The number of hydrogen-bond acceptors (Lipinski definition) is 1. The Morgan fingerprint density at radius 2 is 1.03 bits per heavy atom. The normalized spacial score (nSPS) is 13.5. The van der Waals surface area contributed by atoms with E-state index in [0.29, 0.717) is 12.0 Å². The summed E-state index contributed by atoms with van der Waals surface area (Å²) in [5.41, 5.74) is 0. The van der Waals surface area contributed by atoms with E-state index in [1.807, 2.05) is 0 Å². The van der Waals surface area contributed by atoms with E-state index in [4.69, 9.17) is 4.98 Å².